The first-order valence-corrected chi connectivity index (χ1v) is 8.25. The predicted octanol–water partition coefficient (Wildman–Crippen LogP) is 4.04. The molecule has 0 fully saturated rings. The third kappa shape index (κ3) is 3.83. The van der Waals surface area contributed by atoms with E-state index >= 15 is 0 Å². The lowest BCUT2D eigenvalue weighted by Gasteiger charge is -2.15. The lowest BCUT2D eigenvalue weighted by molar-refractivity contribution is -0.129. The van der Waals surface area contributed by atoms with Gasteiger partial charge in [0, 0.05) is 11.9 Å². The monoisotopic (exact) mass is 350 g/mol. The largest absolute Gasteiger partial charge is 0.423 e. The zero-order valence-electron chi connectivity index (χ0n) is 13.8. The molecular weight excluding hydrogens is 332 g/mol. The van der Waals surface area contributed by atoms with Crippen molar-refractivity contribution in [2.45, 2.75) is 11.3 Å². The Bertz CT molecular complexity index is 887. The van der Waals surface area contributed by atoms with Crippen molar-refractivity contribution in [3.63, 3.8) is 0 Å². The first kappa shape index (κ1) is 17.0. The molecule has 0 N–H and O–H groups in total. The number of esters is 1. The van der Waals surface area contributed by atoms with Gasteiger partial charge in [-0.2, -0.15) is 0 Å². The Hall–Kier alpha value is -2.79. The Kier molecular flexibility index (Phi) is 5.05. The van der Waals surface area contributed by atoms with Gasteiger partial charge in [0.1, 0.15) is 5.75 Å². The fourth-order valence-electron chi connectivity index (χ4n) is 2.51. The molecule has 1 aliphatic rings. The van der Waals surface area contributed by atoms with Gasteiger partial charge in [0.15, 0.2) is 0 Å². The summed E-state index contributed by atoms with van der Waals surface area (Å²) in [6, 6.07) is 15.2. The van der Waals surface area contributed by atoms with E-state index in [1.165, 1.54) is 0 Å². The summed E-state index contributed by atoms with van der Waals surface area (Å²) < 4.78 is 5.43. The highest BCUT2D eigenvalue weighted by molar-refractivity contribution is 7.80. The number of hydrogen-bond donors (Lipinski definition) is 1. The van der Waals surface area contributed by atoms with E-state index in [1.54, 1.807) is 18.5 Å². The maximum Gasteiger partial charge on any atom is 0.345 e. The van der Waals surface area contributed by atoms with Crippen LogP contribution in [0.3, 0.4) is 0 Å². The second-order valence-corrected chi connectivity index (χ2v) is 6.09. The standard InChI is InChI=1S/C20H18N2O2S/c1-14(21-13-22(2)17-8-4-6-10-19(17)25)16-12-11-15-7-3-5-9-18(15)24-20(16)23/h3-10,12-13,25H,1,11H2,2H3. The molecule has 1 heterocycles. The summed E-state index contributed by atoms with van der Waals surface area (Å²) in [5.41, 5.74) is 2.61. The predicted molar refractivity (Wildman–Crippen MR) is 104 cm³/mol. The number of para-hydroxylation sites is 2. The van der Waals surface area contributed by atoms with Gasteiger partial charge >= 0.3 is 5.97 Å². The number of allylic oxidation sites excluding steroid dienone is 1. The molecule has 4 nitrogen and oxygen atoms in total. The van der Waals surface area contributed by atoms with Gasteiger partial charge in [-0.3, -0.25) is 0 Å². The van der Waals surface area contributed by atoms with Crippen LogP contribution in [-0.2, 0) is 11.2 Å². The van der Waals surface area contributed by atoms with Crippen molar-refractivity contribution in [2.75, 3.05) is 11.9 Å². The van der Waals surface area contributed by atoms with Crippen molar-refractivity contribution in [3.05, 3.63) is 78.0 Å². The Morgan fingerprint density at radius 3 is 2.76 bits per heavy atom. The third-order valence-electron chi connectivity index (χ3n) is 3.88. The van der Waals surface area contributed by atoms with Crippen molar-refractivity contribution in [2.24, 2.45) is 4.99 Å². The third-order valence-corrected chi connectivity index (χ3v) is 4.26. The molecule has 0 aliphatic carbocycles. The number of ether oxygens (including phenoxy) is 1. The molecule has 1 aliphatic heterocycles. The highest BCUT2D eigenvalue weighted by Crippen LogP contribution is 2.26. The number of carbonyl (C=O) groups excluding carboxylic acids is 1. The van der Waals surface area contributed by atoms with Gasteiger partial charge in [0.05, 0.1) is 23.3 Å². The summed E-state index contributed by atoms with van der Waals surface area (Å²) in [6.07, 6.45) is 4.02. The molecule has 0 amide bonds. The quantitative estimate of drug-likeness (QED) is 0.297. The molecule has 5 heteroatoms. The van der Waals surface area contributed by atoms with E-state index in [2.05, 4.69) is 24.2 Å². The Morgan fingerprint density at radius 2 is 1.96 bits per heavy atom. The zero-order valence-corrected chi connectivity index (χ0v) is 14.7. The van der Waals surface area contributed by atoms with Crippen molar-refractivity contribution >= 4 is 30.6 Å². The normalized spacial score (nSPS) is 13.7. The summed E-state index contributed by atoms with van der Waals surface area (Å²) >= 11 is 4.43. The summed E-state index contributed by atoms with van der Waals surface area (Å²) in [6.45, 7) is 3.91. The van der Waals surface area contributed by atoms with E-state index in [0.717, 1.165) is 16.1 Å². The molecule has 0 radical (unpaired) electrons. The molecule has 2 aromatic carbocycles. The average Bonchev–Trinajstić information content (AvgIpc) is 2.78. The van der Waals surface area contributed by atoms with Crippen LogP contribution in [0.4, 0.5) is 5.69 Å². The number of nitrogens with zero attached hydrogens (tertiary/aromatic N) is 2. The van der Waals surface area contributed by atoms with Crippen LogP contribution >= 0.6 is 12.6 Å². The number of rotatable bonds is 4. The van der Waals surface area contributed by atoms with Crippen molar-refractivity contribution < 1.29 is 9.53 Å². The van der Waals surface area contributed by atoms with Crippen LogP contribution in [-0.4, -0.2) is 19.4 Å². The molecule has 25 heavy (non-hydrogen) atoms. The Labute approximate surface area is 152 Å². The van der Waals surface area contributed by atoms with Crippen LogP contribution < -0.4 is 9.64 Å². The smallest absolute Gasteiger partial charge is 0.345 e. The molecule has 0 saturated heterocycles. The first-order valence-electron chi connectivity index (χ1n) is 7.81. The van der Waals surface area contributed by atoms with E-state index in [4.69, 9.17) is 4.74 Å². The molecule has 126 valence electrons. The molecule has 0 aromatic heterocycles. The van der Waals surface area contributed by atoms with Gasteiger partial charge in [0.25, 0.3) is 0 Å². The minimum absolute atomic E-state index is 0.362. The van der Waals surface area contributed by atoms with Crippen molar-refractivity contribution in [1.29, 1.82) is 0 Å². The zero-order chi connectivity index (χ0) is 17.8. The highest BCUT2D eigenvalue weighted by atomic mass is 32.1. The molecule has 2 aromatic rings. The lowest BCUT2D eigenvalue weighted by Crippen LogP contribution is -2.16. The fraction of sp³-hybridized carbons (Fsp3) is 0.100. The second kappa shape index (κ2) is 7.40. The SMILES string of the molecule is C=C(N=CN(C)c1ccccc1S)C1=CCc2ccccc2OC1=O. The number of fused-ring (bicyclic) bond motifs is 1. The van der Waals surface area contributed by atoms with Crippen molar-refractivity contribution in [3.8, 4) is 5.75 Å². The minimum atomic E-state index is -0.440. The van der Waals surface area contributed by atoms with Crippen molar-refractivity contribution in [1.82, 2.24) is 0 Å². The first-order chi connectivity index (χ1) is 12.1. The van der Waals surface area contributed by atoms with Crippen LogP contribution in [0.2, 0.25) is 0 Å². The molecule has 0 atom stereocenters. The number of benzene rings is 2. The van der Waals surface area contributed by atoms with Crippen LogP contribution in [0.5, 0.6) is 5.75 Å². The van der Waals surface area contributed by atoms with E-state index in [9.17, 15) is 4.79 Å². The van der Waals surface area contributed by atoms with Crippen LogP contribution in [0.25, 0.3) is 0 Å². The lowest BCUT2D eigenvalue weighted by atomic mass is 10.1. The maximum atomic E-state index is 12.3. The maximum absolute atomic E-state index is 12.3. The minimum Gasteiger partial charge on any atom is -0.423 e. The van der Waals surface area contributed by atoms with Gasteiger partial charge in [-0.15, -0.1) is 12.6 Å². The number of hydrogen-bond acceptors (Lipinski definition) is 4. The summed E-state index contributed by atoms with van der Waals surface area (Å²) in [5.74, 6) is 0.140. The summed E-state index contributed by atoms with van der Waals surface area (Å²) in [7, 11) is 1.86. The average molecular weight is 350 g/mol. The molecule has 0 unspecified atom stereocenters. The number of carbonyl (C=O) groups is 1. The van der Waals surface area contributed by atoms with Crippen LogP contribution in [0.15, 0.2) is 82.3 Å². The van der Waals surface area contributed by atoms with Gasteiger partial charge in [-0.25, -0.2) is 9.79 Å². The van der Waals surface area contributed by atoms with E-state index in [0.29, 0.717) is 23.4 Å². The van der Waals surface area contributed by atoms with Gasteiger partial charge in [-0.1, -0.05) is 43.0 Å². The van der Waals surface area contributed by atoms with Crippen LogP contribution in [0, 0.1) is 0 Å². The topological polar surface area (TPSA) is 41.9 Å². The molecule has 0 saturated carbocycles. The number of aliphatic imine (C=N–C) groups is 1. The summed E-state index contributed by atoms with van der Waals surface area (Å²) in [4.78, 5) is 19.3. The molecule has 0 bridgehead atoms. The van der Waals surface area contributed by atoms with E-state index in [1.807, 2.05) is 54.4 Å². The Balaban J connectivity index is 1.76. The number of thiol groups is 1. The molecule has 3 rings (SSSR count). The van der Waals surface area contributed by atoms with Gasteiger partial charge in [-0.05, 0) is 30.2 Å². The molecule has 0 spiro atoms. The van der Waals surface area contributed by atoms with E-state index < -0.39 is 5.97 Å². The second-order valence-electron chi connectivity index (χ2n) is 5.61. The fourth-order valence-corrected chi connectivity index (χ4v) is 2.83. The summed E-state index contributed by atoms with van der Waals surface area (Å²) in [5, 5.41) is 0. The molecular formula is C20H18N2O2S. The highest BCUT2D eigenvalue weighted by Gasteiger charge is 2.20. The van der Waals surface area contributed by atoms with E-state index in [-0.39, 0.29) is 0 Å². The van der Waals surface area contributed by atoms with Crippen LogP contribution in [0.1, 0.15) is 5.56 Å². The number of anilines is 1. The van der Waals surface area contributed by atoms with Gasteiger partial charge < -0.3 is 9.64 Å². The Morgan fingerprint density at radius 1 is 1.24 bits per heavy atom. The van der Waals surface area contributed by atoms with Gasteiger partial charge in [0.2, 0.25) is 0 Å².